The predicted octanol–water partition coefficient (Wildman–Crippen LogP) is 0.0228. The minimum Gasteiger partial charge on any atom is -0.481 e. The minimum absolute atomic E-state index is 0.00745. The number of aliphatic hydroxyl groups excluding tert-OH is 1. The van der Waals surface area contributed by atoms with Crippen molar-refractivity contribution in [2.75, 3.05) is 13.7 Å². The molecule has 0 saturated carbocycles. The van der Waals surface area contributed by atoms with Gasteiger partial charge in [0, 0.05) is 6.61 Å². The zero-order valence-corrected chi connectivity index (χ0v) is 7.52. The number of hydrogen-bond donors (Lipinski definition) is 2. The van der Waals surface area contributed by atoms with Crippen molar-refractivity contribution in [1.82, 2.24) is 0 Å². The number of carbonyl (C=O) groups is 2. The Morgan fingerprint density at radius 2 is 2.00 bits per heavy atom. The van der Waals surface area contributed by atoms with E-state index in [-0.39, 0.29) is 13.0 Å². The summed E-state index contributed by atoms with van der Waals surface area (Å²) in [5.41, 5.74) is 0. The van der Waals surface area contributed by atoms with Gasteiger partial charge in [-0.05, 0) is 19.3 Å². The fourth-order valence-electron chi connectivity index (χ4n) is 0.945. The van der Waals surface area contributed by atoms with E-state index >= 15 is 0 Å². The van der Waals surface area contributed by atoms with E-state index in [1.54, 1.807) is 0 Å². The topological polar surface area (TPSA) is 83.8 Å². The fraction of sp³-hybridized carbons (Fsp3) is 0.750. The third-order valence-electron chi connectivity index (χ3n) is 1.68. The highest BCUT2D eigenvalue weighted by Gasteiger charge is 2.26. The van der Waals surface area contributed by atoms with Gasteiger partial charge in [-0.15, -0.1) is 0 Å². The number of carboxylic acids is 1. The van der Waals surface area contributed by atoms with Crippen molar-refractivity contribution in [3.63, 3.8) is 0 Å². The highest BCUT2D eigenvalue weighted by molar-refractivity contribution is 5.93. The Kier molecular flexibility index (Phi) is 5.88. The normalized spacial score (nSPS) is 12.2. The van der Waals surface area contributed by atoms with Crippen molar-refractivity contribution >= 4 is 11.9 Å². The van der Waals surface area contributed by atoms with E-state index in [9.17, 15) is 9.59 Å². The molecule has 2 N–H and O–H groups in total. The molecule has 13 heavy (non-hydrogen) atoms. The van der Waals surface area contributed by atoms with Gasteiger partial charge in [-0.25, -0.2) is 0 Å². The molecule has 1 unspecified atom stereocenters. The van der Waals surface area contributed by atoms with Crippen LogP contribution in [-0.2, 0) is 14.3 Å². The molecule has 0 aromatic carbocycles. The number of methoxy groups -OCH3 is 1. The van der Waals surface area contributed by atoms with Crippen LogP contribution in [0.3, 0.4) is 0 Å². The SMILES string of the molecule is COC(=O)C(CCCCO)C(=O)O. The van der Waals surface area contributed by atoms with Crippen LogP contribution in [0.1, 0.15) is 19.3 Å². The minimum atomic E-state index is -1.18. The van der Waals surface area contributed by atoms with Crippen LogP contribution in [0, 0.1) is 5.92 Å². The molecular formula is C8H14O5. The number of carbonyl (C=O) groups excluding carboxylic acids is 1. The molecule has 0 amide bonds. The van der Waals surface area contributed by atoms with E-state index in [1.165, 1.54) is 0 Å². The van der Waals surface area contributed by atoms with Gasteiger partial charge in [0.25, 0.3) is 0 Å². The van der Waals surface area contributed by atoms with Crippen molar-refractivity contribution < 1.29 is 24.5 Å². The number of aliphatic hydroxyl groups is 1. The number of hydrogen-bond acceptors (Lipinski definition) is 4. The summed E-state index contributed by atoms with van der Waals surface area (Å²) in [7, 11) is 1.16. The Balaban J connectivity index is 3.95. The van der Waals surface area contributed by atoms with Gasteiger partial charge in [0.15, 0.2) is 5.92 Å². The third-order valence-corrected chi connectivity index (χ3v) is 1.68. The maximum absolute atomic E-state index is 10.9. The van der Waals surface area contributed by atoms with Crippen LogP contribution in [0.4, 0.5) is 0 Å². The first-order valence-corrected chi connectivity index (χ1v) is 4.05. The van der Waals surface area contributed by atoms with E-state index in [0.717, 1.165) is 7.11 Å². The highest BCUT2D eigenvalue weighted by atomic mass is 16.5. The number of aliphatic carboxylic acids is 1. The Morgan fingerprint density at radius 1 is 1.38 bits per heavy atom. The first-order chi connectivity index (χ1) is 6.13. The molecule has 0 heterocycles. The van der Waals surface area contributed by atoms with Gasteiger partial charge in [0.1, 0.15) is 0 Å². The van der Waals surface area contributed by atoms with E-state index < -0.39 is 17.9 Å². The molecule has 0 saturated heterocycles. The number of esters is 1. The van der Waals surface area contributed by atoms with Crippen LogP contribution in [0.15, 0.2) is 0 Å². The quantitative estimate of drug-likeness (QED) is 0.350. The van der Waals surface area contributed by atoms with E-state index in [2.05, 4.69) is 4.74 Å². The van der Waals surface area contributed by atoms with Gasteiger partial charge in [-0.2, -0.15) is 0 Å². The zero-order chi connectivity index (χ0) is 10.3. The first kappa shape index (κ1) is 11.9. The van der Waals surface area contributed by atoms with Gasteiger partial charge in [0.05, 0.1) is 7.11 Å². The second-order valence-electron chi connectivity index (χ2n) is 2.63. The van der Waals surface area contributed by atoms with Crippen LogP contribution in [-0.4, -0.2) is 35.9 Å². The second kappa shape index (κ2) is 6.42. The Morgan fingerprint density at radius 3 is 2.38 bits per heavy atom. The first-order valence-electron chi connectivity index (χ1n) is 4.05. The average Bonchev–Trinajstić information content (AvgIpc) is 2.11. The fourth-order valence-corrected chi connectivity index (χ4v) is 0.945. The molecule has 0 fully saturated rings. The predicted molar refractivity (Wildman–Crippen MR) is 44.1 cm³/mol. The summed E-state index contributed by atoms with van der Waals surface area (Å²) in [5.74, 6) is -3.01. The third kappa shape index (κ3) is 4.47. The van der Waals surface area contributed by atoms with Crippen LogP contribution in [0.5, 0.6) is 0 Å². The largest absolute Gasteiger partial charge is 0.481 e. The molecule has 0 spiro atoms. The summed E-state index contributed by atoms with van der Waals surface area (Å²) in [5, 5.41) is 17.1. The zero-order valence-electron chi connectivity index (χ0n) is 7.52. The molecular weight excluding hydrogens is 176 g/mol. The molecule has 0 aliphatic carbocycles. The van der Waals surface area contributed by atoms with Gasteiger partial charge < -0.3 is 14.9 Å². The van der Waals surface area contributed by atoms with Gasteiger partial charge in [-0.1, -0.05) is 0 Å². The molecule has 76 valence electrons. The molecule has 1 atom stereocenters. The van der Waals surface area contributed by atoms with Crippen molar-refractivity contribution in [3.8, 4) is 0 Å². The van der Waals surface area contributed by atoms with Gasteiger partial charge in [0.2, 0.25) is 0 Å². The molecule has 0 radical (unpaired) electrons. The lowest BCUT2D eigenvalue weighted by molar-refractivity contribution is -0.157. The van der Waals surface area contributed by atoms with E-state index in [4.69, 9.17) is 10.2 Å². The van der Waals surface area contributed by atoms with E-state index in [0.29, 0.717) is 12.8 Å². The molecule has 5 nitrogen and oxygen atoms in total. The number of carboxylic acid groups (broad SMARTS) is 1. The molecule has 0 aromatic heterocycles. The summed E-state index contributed by atoms with van der Waals surface area (Å²) in [6.07, 6.45) is 1.21. The van der Waals surface area contributed by atoms with Crippen LogP contribution < -0.4 is 0 Å². The molecule has 5 heteroatoms. The smallest absolute Gasteiger partial charge is 0.320 e. The molecule has 0 bridgehead atoms. The number of unbranched alkanes of at least 4 members (excludes halogenated alkanes) is 1. The van der Waals surface area contributed by atoms with Gasteiger partial charge in [-0.3, -0.25) is 9.59 Å². The lowest BCUT2D eigenvalue weighted by Crippen LogP contribution is -2.24. The molecule has 0 aliphatic rings. The molecule has 0 aliphatic heterocycles. The number of rotatable bonds is 6. The number of ether oxygens (including phenoxy) is 1. The van der Waals surface area contributed by atoms with Crippen LogP contribution >= 0.6 is 0 Å². The average molecular weight is 190 g/mol. The van der Waals surface area contributed by atoms with Crippen LogP contribution in [0.2, 0.25) is 0 Å². The highest BCUT2D eigenvalue weighted by Crippen LogP contribution is 2.10. The summed E-state index contributed by atoms with van der Waals surface area (Å²) < 4.78 is 4.32. The Labute approximate surface area is 76.3 Å². The molecule has 0 rings (SSSR count). The Hall–Kier alpha value is -1.10. The monoisotopic (exact) mass is 190 g/mol. The van der Waals surface area contributed by atoms with Gasteiger partial charge >= 0.3 is 11.9 Å². The van der Waals surface area contributed by atoms with Crippen molar-refractivity contribution in [2.45, 2.75) is 19.3 Å². The lowest BCUT2D eigenvalue weighted by atomic mass is 10.0. The van der Waals surface area contributed by atoms with Crippen molar-refractivity contribution in [2.24, 2.45) is 5.92 Å². The summed E-state index contributed by atoms with van der Waals surface area (Å²) in [4.78, 5) is 21.4. The lowest BCUT2D eigenvalue weighted by Gasteiger charge is -2.08. The maximum Gasteiger partial charge on any atom is 0.320 e. The molecule has 0 aromatic rings. The maximum atomic E-state index is 10.9. The van der Waals surface area contributed by atoms with E-state index in [1.807, 2.05) is 0 Å². The summed E-state index contributed by atoms with van der Waals surface area (Å²) >= 11 is 0. The second-order valence-corrected chi connectivity index (χ2v) is 2.63. The van der Waals surface area contributed by atoms with Crippen molar-refractivity contribution in [1.29, 1.82) is 0 Å². The summed E-state index contributed by atoms with van der Waals surface area (Å²) in [6.45, 7) is 0.00745. The Bertz CT molecular complexity index is 177. The van der Waals surface area contributed by atoms with Crippen LogP contribution in [0.25, 0.3) is 0 Å². The van der Waals surface area contributed by atoms with Crippen molar-refractivity contribution in [3.05, 3.63) is 0 Å². The standard InChI is InChI=1S/C8H14O5/c1-13-8(12)6(7(10)11)4-2-3-5-9/h6,9H,2-5H2,1H3,(H,10,11). The summed E-state index contributed by atoms with van der Waals surface area (Å²) in [6, 6.07) is 0.